The van der Waals surface area contributed by atoms with Crippen molar-refractivity contribution in [3.8, 4) is 0 Å². The smallest absolute Gasteiger partial charge is 0.410 e. The molecule has 2 heterocycles. The molecule has 2 unspecified atom stereocenters. The van der Waals surface area contributed by atoms with Gasteiger partial charge in [-0.15, -0.1) is 0 Å². The van der Waals surface area contributed by atoms with Crippen LogP contribution >= 0.6 is 11.8 Å². The van der Waals surface area contributed by atoms with Crippen LogP contribution in [0.15, 0.2) is 0 Å². The van der Waals surface area contributed by atoms with E-state index in [1.54, 1.807) is 0 Å². The molecule has 2 saturated heterocycles. The molecule has 5 nitrogen and oxygen atoms in total. The zero-order valence-corrected chi connectivity index (χ0v) is 13.5. The third-order valence-electron chi connectivity index (χ3n) is 3.43. The van der Waals surface area contributed by atoms with Crippen LogP contribution in [0.4, 0.5) is 4.79 Å². The van der Waals surface area contributed by atoms with Crippen LogP contribution in [0, 0.1) is 0 Å². The van der Waals surface area contributed by atoms with E-state index in [0.29, 0.717) is 25.8 Å². The number of amides is 1. The van der Waals surface area contributed by atoms with Gasteiger partial charge in [-0.3, -0.25) is 4.90 Å². The molecule has 2 aliphatic rings. The molecule has 0 radical (unpaired) electrons. The van der Waals surface area contributed by atoms with E-state index in [4.69, 9.17) is 9.47 Å². The van der Waals surface area contributed by atoms with Gasteiger partial charge in [-0.2, -0.15) is 11.8 Å². The van der Waals surface area contributed by atoms with Crippen LogP contribution in [0.1, 0.15) is 27.2 Å². The van der Waals surface area contributed by atoms with Crippen molar-refractivity contribution in [2.75, 3.05) is 37.8 Å². The van der Waals surface area contributed by atoms with Crippen LogP contribution in [-0.2, 0) is 9.47 Å². The third-order valence-corrected chi connectivity index (χ3v) is 4.59. The largest absolute Gasteiger partial charge is 0.444 e. The van der Waals surface area contributed by atoms with Crippen LogP contribution in [-0.4, -0.2) is 66.5 Å². The maximum Gasteiger partial charge on any atom is 0.410 e. The lowest BCUT2D eigenvalue weighted by atomic mass is 10.2. The minimum absolute atomic E-state index is 0.0733. The average Bonchev–Trinajstić information content (AvgIpc) is 2.87. The molecule has 1 N–H and O–H groups in total. The maximum absolute atomic E-state index is 12.2. The molecule has 0 aliphatic carbocycles. The van der Waals surface area contributed by atoms with Crippen molar-refractivity contribution in [1.82, 2.24) is 10.2 Å². The van der Waals surface area contributed by atoms with E-state index in [9.17, 15) is 4.79 Å². The van der Waals surface area contributed by atoms with Crippen molar-refractivity contribution in [2.24, 2.45) is 0 Å². The maximum atomic E-state index is 12.2. The first-order valence-electron chi connectivity index (χ1n) is 7.34. The molecule has 1 amide bonds. The minimum atomic E-state index is -0.449. The fraction of sp³-hybridized carbons (Fsp3) is 0.929. The van der Waals surface area contributed by atoms with Gasteiger partial charge >= 0.3 is 6.09 Å². The van der Waals surface area contributed by atoms with Gasteiger partial charge in [0.25, 0.3) is 0 Å². The number of rotatable bonds is 3. The van der Waals surface area contributed by atoms with Crippen LogP contribution in [0.25, 0.3) is 0 Å². The summed E-state index contributed by atoms with van der Waals surface area (Å²) in [5, 5.41) is 3.55. The topological polar surface area (TPSA) is 50.8 Å². The summed E-state index contributed by atoms with van der Waals surface area (Å²) < 4.78 is 11.0. The van der Waals surface area contributed by atoms with Gasteiger partial charge < -0.3 is 14.8 Å². The zero-order chi connectivity index (χ0) is 14.6. The molecule has 6 heteroatoms. The number of thioether (sulfide) groups is 1. The molecule has 0 saturated carbocycles. The lowest BCUT2D eigenvalue weighted by molar-refractivity contribution is -0.0320. The number of hydrogen-bond acceptors (Lipinski definition) is 5. The Labute approximate surface area is 125 Å². The van der Waals surface area contributed by atoms with Crippen molar-refractivity contribution in [1.29, 1.82) is 0 Å². The van der Waals surface area contributed by atoms with Crippen LogP contribution in [0.5, 0.6) is 0 Å². The highest BCUT2D eigenvalue weighted by Crippen LogP contribution is 2.18. The summed E-state index contributed by atoms with van der Waals surface area (Å²) in [6.07, 6.45) is 0.985. The van der Waals surface area contributed by atoms with E-state index >= 15 is 0 Å². The zero-order valence-electron chi connectivity index (χ0n) is 12.7. The highest BCUT2D eigenvalue weighted by atomic mass is 32.2. The molecule has 0 bridgehead atoms. The van der Waals surface area contributed by atoms with Gasteiger partial charge in [0.1, 0.15) is 5.60 Å². The summed E-state index contributed by atoms with van der Waals surface area (Å²) in [7, 11) is 0. The monoisotopic (exact) mass is 302 g/mol. The van der Waals surface area contributed by atoms with E-state index < -0.39 is 5.60 Å². The molecule has 0 aromatic carbocycles. The summed E-state index contributed by atoms with van der Waals surface area (Å²) in [5.74, 6) is 2.40. The number of carbonyl (C=O) groups excluding carboxylic acids is 1. The first-order valence-corrected chi connectivity index (χ1v) is 8.50. The Morgan fingerprint density at radius 2 is 2.30 bits per heavy atom. The molecule has 2 rings (SSSR count). The number of ether oxygens (including phenoxy) is 2. The van der Waals surface area contributed by atoms with Crippen molar-refractivity contribution >= 4 is 17.9 Å². The molecule has 2 atom stereocenters. The molecule has 2 aliphatic heterocycles. The number of hydrogen-bond donors (Lipinski definition) is 1. The lowest BCUT2D eigenvalue weighted by Crippen LogP contribution is -2.55. The first kappa shape index (κ1) is 15.9. The first-order chi connectivity index (χ1) is 9.46. The molecule has 2 fully saturated rings. The standard InChI is InChI=1S/C14H26N2O3S/c1-14(2,3)19-13(17)16-5-6-18-9-12(16)8-15-11-4-7-20-10-11/h11-12,15H,4-10H2,1-3H3. The second kappa shape index (κ2) is 7.00. The second-order valence-electron chi connectivity index (χ2n) is 6.37. The predicted octanol–water partition coefficient (Wildman–Crippen LogP) is 1.72. The molecule has 0 aromatic rings. The van der Waals surface area contributed by atoms with Gasteiger partial charge in [-0.05, 0) is 32.9 Å². The Hall–Kier alpha value is -0.460. The van der Waals surface area contributed by atoms with Crippen molar-refractivity contribution in [3.05, 3.63) is 0 Å². The second-order valence-corrected chi connectivity index (χ2v) is 7.52. The summed E-state index contributed by atoms with van der Waals surface area (Å²) in [6, 6.07) is 0.645. The SMILES string of the molecule is CC(C)(C)OC(=O)N1CCOCC1CNC1CCSC1. The van der Waals surface area contributed by atoms with Crippen LogP contribution in [0.3, 0.4) is 0 Å². The number of nitrogens with one attached hydrogen (secondary N) is 1. The van der Waals surface area contributed by atoms with E-state index in [0.717, 1.165) is 6.54 Å². The molecule has 116 valence electrons. The van der Waals surface area contributed by atoms with Gasteiger partial charge in [-0.25, -0.2) is 4.79 Å². The number of morpholine rings is 1. The quantitative estimate of drug-likeness (QED) is 0.860. The van der Waals surface area contributed by atoms with Gasteiger partial charge in [0.05, 0.1) is 19.3 Å². The third kappa shape index (κ3) is 4.82. The van der Waals surface area contributed by atoms with Gasteiger partial charge in [0, 0.05) is 24.9 Å². The van der Waals surface area contributed by atoms with Crippen LogP contribution < -0.4 is 5.32 Å². The fourth-order valence-corrected chi connectivity index (χ4v) is 3.57. The molecule has 0 aromatic heterocycles. The van der Waals surface area contributed by atoms with E-state index in [1.165, 1.54) is 17.9 Å². The molecular formula is C14H26N2O3S. The molecule has 0 spiro atoms. The number of nitrogens with zero attached hydrogens (tertiary/aromatic N) is 1. The predicted molar refractivity (Wildman–Crippen MR) is 81.3 cm³/mol. The van der Waals surface area contributed by atoms with Crippen LogP contribution in [0.2, 0.25) is 0 Å². The number of carbonyl (C=O) groups is 1. The molecule has 20 heavy (non-hydrogen) atoms. The van der Waals surface area contributed by atoms with Gasteiger partial charge in [-0.1, -0.05) is 0 Å². The Bertz CT molecular complexity index is 327. The van der Waals surface area contributed by atoms with Crippen molar-refractivity contribution in [3.63, 3.8) is 0 Å². The van der Waals surface area contributed by atoms with E-state index in [-0.39, 0.29) is 12.1 Å². The Morgan fingerprint density at radius 3 is 2.95 bits per heavy atom. The summed E-state index contributed by atoms with van der Waals surface area (Å²) in [4.78, 5) is 14.0. The van der Waals surface area contributed by atoms with Gasteiger partial charge in [0.15, 0.2) is 0 Å². The van der Waals surface area contributed by atoms with Gasteiger partial charge in [0.2, 0.25) is 0 Å². The average molecular weight is 302 g/mol. The summed E-state index contributed by atoms with van der Waals surface area (Å²) >= 11 is 1.98. The summed E-state index contributed by atoms with van der Waals surface area (Å²) in [5.41, 5.74) is -0.449. The fourth-order valence-electron chi connectivity index (χ4n) is 2.38. The molecular weight excluding hydrogens is 276 g/mol. The van der Waals surface area contributed by atoms with Crippen molar-refractivity contribution < 1.29 is 14.3 Å². The highest BCUT2D eigenvalue weighted by molar-refractivity contribution is 7.99. The normalized spacial score (nSPS) is 27.6. The summed E-state index contributed by atoms with van der Waals surface area (Å²) in [6.45, 7) is 8.27. The van der Waals surface area contributed by atoms with E-state index in [2.05, 4.69) is 5.32 Å². The highest BCUT2D eigenvalue weighted by Gasteiger charge is 2.31. The van der Waals surface area contributed by atoms with Crippen molar-refractivity contribution in [2.45, 2.75) is 44.9 Å². The lowest BCUT2D eigenvalue weighted by Gasteiger charge is -2.37. The minimum Gasteiger partial charge on any atom is -0.444 e. The Balaban J connectivity index is 1.85. The Kier molecular flexibility index (Phi) is 5.57. The Morgan fingerprint density at radius 1 is 1.50 bits per heavy atom. The van der Waals surface area contributed by atoms with E-state index in [1.807, 2.05) is 37.4 Å².